The number of hydrogen-bond donors (Lipinski definition) is 1. The van der Waals surface area contributed by atoms with E-state index in [2.05, 4.69) is 31.3 Å². The Morgan fingerprint density at radius 1 is 1.25 bits per heavy atom. The molecule has 2 rings (SSSR count). The van der Waals surface area contributed by atoms with Gasteiger partial charge in [-0.3, -0.25) is 0 Å². The van der Waals surface area contributed by atoms with Gasteiger partial charge in [-0.1, -0.05) is 37.6 Å². The number of piperidine rings is 1. The standard InChI is InChI=1S/C14H20ClN/c1-10(2)14-9-16-8-7-13(14)11-3-5-12(15)6-4-11/h3-6,10,13-14,16H,7-9H2,1-2H3. The first-order valence-corrected chi connectivity index (χ1v) is 6.52. The highest BCUT2D eigenvalue weighted by molar-refractivity contribution is 6.30. The smallest absolute Gasteiger partial charge is 0.0406 e. The third-order valence-corrected chi connectivity index (χ3v) is 3.94. The zero-order valence-electron chi connectivity index (χ0n) is 10.0. The summed E-state index contributed by atoms with van der Waals surface area (Å²) >= 11 is 5.94. The topological polar surface area (TPSA) is 12.0 Å². The molecule has 1 N–H and O–H groups in total. The van der Waals surface area contributed by atoms with E-state index in [4.69, 9.17) is 11.6 Å². The Balaban J connectivity index is 2.19. The van der Waals surface area contributed by atoms with Gasteiger partial charge in [0.15, 0.2) is 0 Å². The average Bonchev–Trinajstić information content (AvgIpc) is 2.30. The minimum absolute atomic E-state index is 0.693. The molecule has 0 aromatic heterocycles. The number of rotatable bonds is 2. The molecule has 0 saturated carbocycles. The Morgan fingerprint density at radius 2 is 1.94 bits per heavy atom. The minimum Gasteiger partial charge on any atom is -0.316 e. The summed E-state index contributed by atoms with van der Waals surface area (Å²) in [6, 6.07) is 8.40. The molecule has 1 nitrogen and oxygen atoms in total. The molecule has 2 atom stereocenters. The Hall–Kier alpha value is -0.530. The Bertz CT molecular complexity index is 331. The molecule has 2 heteroatoms. The molecule has 16 heavy (non-hydrogen) atoms. The molecule has 1 aromatic carbocycles. The van der Waals surface area contributed by atoms with Crippen molar-refractivity contribution in [2.24, 2.45) is 11.8 Å². The summed E-state index contributed by atoms with van der Waals surface area (Å²) in [5.74, 6) is 2.17. The monoisotopic (exact) mass is 237 g/mol. The summed E-state index contributed by atoms with van der Waals surface area (Å²) in [5, 5.41) is 4.33. The molecule has 2 unspecified atom stereocenters. The van der Waals surface area contributed by atoms with Gasteiger partial charge in [0.05, 0.1) is 0 Å². The van der Waals surface area contributed by atoms with E-state index >= 15 is 0 Å². The molecular formula is C14H20ClN. The molecule has 1 heterocycles. The van der Waals surface area contributed by atoms with Crippen molar-refractivity contribution in [3.8, 4) is 0 Å². The predicted octanol–water partition coefficient (Wildman–Crippen LogP) is 3.69. The summed E-state index contributed by atoms with van der Waals surface area (Å²) in [6.45, 7) is 6.92. The van der Waals surface area contributed by atoms with Crippen LogP contribution in [-0.4, -0.2) is 13.1 Å². The maximum atomic E-state index is 5.94. The third-order valence-electron chi connectivity index (χ3n) is 3.68. The van der Waals surface area contributed by atoms with Crippen LogP contribution < -0.4 is 5.32 Å². The molecule has 0 radical (unpaired) electrons. The molecule has 88 valence electrons. The summed E-state index contributed by atoms with van der Waals surface area (Å²) in [7, 11) is 0. The van der Waals surface area contributed by atoms with Gasteiger partial charge in [0.1, 0.15) is 0 Å². The van der Waals surface area contributed by atoms with Crippen molar-refractivity contribution < 1.29 is 0 Å². The first-order chi connectivity index (χ1) is 7.68. The van der Waals surface area contributed by atoms with Crippen LogP contribution in [0.4, 0.5) is 0 Å². The molecule has 1 aliphatic heterocycles. The second-order valence-corrected chi connectivity index (χ2v) is 5.50. The van der Waals surface area contributed by atoms with Crippen LogP contribution in [0.25, 0.3) is 0 Å². The zero-order valence-corrected chi connectivity index (χ0v) is 10.8. The van der Waals surface area contributed by atoms with Crippen LogP contribution in [0.1, 0.15) is 31.7 Å². The molecule has 0 amide bonds. The van der Waals surface area contributed by atoms with Gasteiger partial charge < -0.3 is 5.32 Å². The summed E-state index contributed by atoms with van der Waals surface area (Å²) in [4.78, 5) is 0. The van der Waals surface area contributed by atoms with Crippen LogP contribution in [0, 0.1) is 11.8 Å². The molecule has 0 bridgehead atoms. The number of nitrogens with one attached hydrogen (secondary N) is 1. The van der Waals surface area contributed by atoms with Crippen LogP contribution >= 0.6 is 11.6 Å². The lowest BCUT2D eigenvalue weighted by Crippen LogP contribution is -2.38. The van der Waals surface area contributed by atoms with Gasteiger partial charge >= 0.3 is 0 Å². The van der Waals surface area contributed by atoms with Crippen LogP contribution in [0.3, 0.4) is 0 Å². The molecule has 1 fully saturated rings. The van der Waals surface area contributed by atoms with Crippen molar-refractivity contribution in [2.45, 2.75) is 26.2 Å². The van der Waals surface area contributed by atoms with Gasteiger partial charge in [0.25, 0.3) is 0 Å². The van der Waals surface area contributed by atoms with Crippen molar-refractivity contribution in [3.63, 3.8) is 0 Å². The minimum atomic E-state index is 0.693. The molecule has 0 aliphatic carbocycles. The molecule has 1 aromatic rings. The van der Waals surface area contributed by atoms with Gasteiger partial charge in [-0.05, 0) is 55.0 Å². The largest absolute Gasteiger partial charge is 0.316 e. The van der Waals surface area contributed by atoms with Gasteiger partial charge in [0, 0.05) is 5.02 Å². The second-order valence-electron chi connectivity index (χ2n) is 5.06. The zero-order chi connectivity index (χ0) is 11.5. The first kappa shape index (κ1) is 11.9. The van der Waals surface area contributed by atoms with E-state index < -0.39 is 0 Å². The summed E-state index contributed by atoms with van der Waals surface area (Å²) in [6.07, 6.45) is 1.24. The summed E-state index contributed by atoms with van der Waals surface area (Å²) in [5.41, 5.74) is 1.45. The maximum Gasteiger partial charge on any atom is 0.0406 e. The second kappa shape index (κ2) is 5.20. The fourth-order valence-corrected chi connectivity index (χ4v) is 2.83. The average molecular weight is 238 g/mol. The Kier molecular flexibility index (Phi) is 3.88. The normalized spacial score (nSPS) is 26.0. The lowest BCUT2D eigenvalue weighted by Gasteiger charge is -2.35. The fourth-order valence-electron chi connectivity index (χ4n) is 2.71. The van der Waals surface area contributed by atoms with Gasteiger partial charge in [-0.25, -0.2) is 0 Å². The third kappa shape index (κ3) is 2.58. The van der Waals surface area contributed by atoms with Crippen LogP contribution in [0.15, 0.2) is 24.3 Å². The van der Waals surface area contributed by atoms with E-state index in [1.807, 2.05) is 12.1 Å². The van der Waals surface area contributed by atoms with Crippen LogP contribution in [-0.2, 0) is 0 Å². The van der Waals surface area contributed by atoms with Gasteiger partial charge in [-0.2, -0.15) is 0 Å². The number of benzene rings is 1. The quantitative estimate of drug-likeness (QED) is 0.827. The highest BCUT2D eigenvalue weighted by Gasteiger charge is 2.28. The molecule has 1 aliphatic rings. The van der Waals surface area contributed by atoms with Crippen LogP contribution in [0.5, 0.6) is 0 Å². The van der Waals surface area contributed by atoms with E-state index in [0.717, 1.165) is 29.9 Å². The van der Waals surface area contributed by atoms with Crippen LogP contribution in [0.2, 0.25) is 5.02 Å². The Labute approximate surface area is 103 Å². The van der Waals surface area contributed by atoms with Crippen molar-refractivity contribution in [2.75, 3.05) is 13.1 Å². The van der Waals surface area contributed by atoms with Crippen molar-refractivity contribution >= 4 is 11.6 Å². The number of halogens is 1. The molecule has 1 saturated heterocycles. The lowest BCUT2D eigenvalue weighted by atomic mass is 9.75. The Morgan fingerprint density at radius 3 is 2.56 bits per heavy atom. The van der Waals surface area contributed by atoms with E-state index in [0.29, 0.717) is 5.92 Å². The highest BCUT2D eigenvalue weighted by Crippen LogP contribution is 2.35. The van der Waals surface area contributed by atoms with E-state index in [9.17, 15) is 0 Å². The van der Waals surface area contributed by atoms with Crippen molar-refractivity contribution in [3.05, 3.63) is 34.9 Å². The predicted molar refractivity (Wildman–Crippen MR) is 70.0 cm³/mol. The molecule has 0 spiro atoms. The SMILES string of the molecule is CC(C)C1CNCCC1c1ccc(Cl)cc1. The highest BCUT2D eigenvalue weighted by atomic mass is 35.5. The van der Waals surface area contributed by atoms with Gasteiger partial charge in [0.2, 0.25) is 0 Å². The first-order valence-electron chi connectivity index (χ1n) is 6.14. The fraction of sp³-hybridized carbons (Fsp3) is 0.571. The number of hydrogen-bond acceptors (Lipinski definition) is 1. The van der Waals surface area contributed by atoms with E-state index in [1.165, 1.54) is 12.0 Å². The maximum absolute atomic E-state index is 5.94. The van der Waals surface area contributed by atoms with E-state index in [1.54, 1.807) is 0 Å². The van der Waals surface area contributed by atoms with Crippen molar-refractivity contribution in [1.82, 2.24) is 5.32 Å². The summed E-state index contributed by atoms with van der Waals surface area (Å²) < 4.78 is 0. The lowest BCUT2D eigenvalue weighted by molar-refractivity contribution is 0.255. The van der Waals surface area contributed by atoms with E-state index in [-0.39, 0.29) is 0 Å². The van der Waals surface area contributed by atoms with Gasteiger partial charge in [-0.15, -0.1) is 0 Å². The molecular weight excluding hydrogens is 218 g/mol. The van der Waals surface area contributed by atoms with Crippen molar-refractivity contribution in [1.29, 1.82) is 0 Å².